The molecule has 0 saturated carbocycles. The maximum atomic E-state index is 14.3. The third kappa shape index (κ3) is 2.48. The average molecular weight is 259 g/mol. The first-order valence-electron chi connectivity index (χ1n) is 6.78. The molecule has 0 amide bonds. The van der Waals surface area contributed by atoms with Crippen molar-refractivity contribution in [3.63, 3.8) is 0 Å². The summed E-state index contributed by atoms with van der Waals surface area (Å²) in [6.07, 6.45) is 4.06. The molecule has 4 heteroatoms. The summed E-state index contributed by atoms with van der Waals surface area (Å²) in [5.41, 5.74) is 2.40. The van der Waals surface area contributed by atoms with Crippen molar-refractivity contribution >= 4 is 5.69 Å². The highest BCUT2D eigenvalue weighted by atomic mass is 19.1. The fourth-order valence-electron chi connectivity index (χ4n) is 2.76. The lowest BCUT2D eigenvalue weighted by Gasteiger charge is -2.33. The number of halogens is 1. The van der Waals surface area contributed by atoms with Crippen LogP contribution in [0.1, 0.15) is 19.8 Å². The number of H-pyrrole nitrogens is 1. The second-order valence-electron chi connectivity index (χ2n) is 5.33. The molecule has 1 N–H and O–H groups in total. The second kappa shape index (κ2) is 5.03. The van der Waals surface area contributed by atoms with Crippen LogP contribution in [0.2, 0.25) is 0 Å². The van der Waals surface area contributed by atoms with Gasteiger partial charge >= 0.3 is 0 Å². The largest absolute Gasteiger partial charge is 0.369 e. The molecule has 1 aliphatic heterocycles. The summed E-state index contributed by atoms with van der Waals surface area (Å²) in [6, 6.07) is 7.26. The van der Waals surface area contributed by atoms with Gasteiger partial charge in [-0.2, -0.15) is 5.10 Å². The van der Waals surface area contributed by atoms with Crippen LogP contribution in [0, 0.1) is 11.7 Å². The van der Waals surface area contributed by atoms with Gasteiger partial charge < -0.3 is 4.90 Å². The molecule has 0 bridgehead atoms. The minimum Gasteiger partial charge on any atom is -0.369 e. The van der Waals surface area contributed by atoms with E-state index in [1.54, 1.807) is 12.3 Å². The lowest BCUT2D eigenvalue weighted by atomic mass is 9.99. The number of aromatic amines is 1. The molecule has 1 aliphatic rings. The van der Waals surface area contributed by atoms with Crippen LogP contribution in [0.3, 0.4) is 0 Å². The maximum Gasteiger partial charge on any atom is 0.147 e. The van der Waals surface area contributed by atoms with Gasteiger partial charge in [-0.25, -0.2) is 4.39 Å². The summed E-state index contributed by atoms with van der Waals surface area (Å²) in [5.74, 6) is 0.488. The quantitative estimate of drug-likeness (QED) is 0.895. The zero-order valence-corrected chi connectivity index (χ0v) is 11.1. The van der Waals surface area contributed by atoms with Gasteiger partial charge in [0.2, 0.25) is 0 Å². The van der Waals surface area contributed by atoms with Crippen LogP contribution in [-0.2, 0) is 0 Å². The number of hydrogen-bond acceptors (Lipinski definition) is 2. The Hall–Kier alpha value is -1.84. The van der Waals surface area contributed by atoms with Gasteiger partial charge in [0, 0.05) is 24.8 Å². The molecular weight excluding hydrogens is 241 g/mol. The highest BCUT2D eigenvalue weighted by Gasteiger charge is 2.19. The Bertz CT molecular complexity index is 551. The lowest BCUT2D eigenvalue weighted by Crippen LogP contribution is -2.34. The number of nitrogens with zero attached hydrogens (tertiary/aromatic N) is 2. The predicted octanol–water partition coefficient (Wildman–Crippen LogP) is 3.45. The number of anilines is 1. The number of aromatic nitrogens is 2. The SMILES string of the molecule is C[C@H]1CCCN(c2ccc(-c3ccn[nH]3)cc2F)C1. The Morgan fingerprint density at radius 2 is 2.26 bits per heavy atom. The highest BCUT2D eigenvalue weighted by Crippen LogP contribution is 2.28. The van der Waals surface area contributed by atoms with Crippen molar-refractivity contribution in [2.75, 3.05) is 18.0 Å². The van der Waals surface area contributed by atoms with E-state index in [1.807, 2.05) is 18.2 Å². The van der Waals surface area contributed by atoms with E-state index in [2.05, 4.69) is 22.0 Å². The summed E-state index contributed by atoms with van der Waals surface area (Å²) < 4.78 is 14.3. The van der Waals surface area contributed by atoms with E-state index in [1.165, 1.54) is 6.42 Å². The monoisotopic (exact) mass is 259 g/mol. The lowest BCUT2D eigenvalue weighted by molar-refractivity contribution is 0.442. The van der Waals surface area contributed by atoms with Crippen molar-refractivity contribution in [3.8, 4) is 11.3 Å². The van der Waals surface area contributed by atoms with Crippen LogP contribution < -0.4 is 4.90 Å². The number of nitrogens with one attached hydrogen (secondary N) is 1. The van der Waals surface area contributed by atoms with E-state index in [9.17, 15) is 4.39 Å². The Labute approximate surface area is 112 Å². The van der Waals surface area contributed by atoms with E-state index in [4.69, 9.17) is 0 Å². The molecule has 0 aliphatic carbocycles. The highest BCUT2D eigenvalue weighted by molar-refractivity contribution is 5.63. The molecule has 1 fully saturated rings. The maximum absolute atomic E-state index is 14.3. The first-order chi connectivity index (χ1) is 9.24. The molecule has 0 spiro atoms. The number of benzene rings is 1. The third-order valence-corrected chi connectivity index (χ3v) is 3.76. The third-order valence-electron chi connectivity index (χ3n) is 3.76. The molecule has 3 nitrogen and oxygen atoms in total. The van der Waals surface area contributed by atoms with Crippen LogP contribution in [0.15, 0.2) is 30.5 Å². The van der Waals surface area contributed by atoms with Crippen LogP contribution in [-0.4, -0.2) is 23.3 Å². The normalized spacial score (nSPS) is 19.7. The van der Waals surface area contributed by atoms with Gasteiger partial charge in [0.25, 0.3) is 0 Å². The van der Waals surface area contributed by atoms with Crippen LogP contribution >= 0.6 is 0 Å². The van der Waals surface area contributed by atoms with Crippen LogP contribution in [0.5, 0.6) is 0 Å². The van der Waals surface area contributed by atoms with E-state index >= 15 is 0 Å². The van der Waals surface area contributed by atoms with E-state index < -0.39 is 0 Å². The van der Waals surface area contributed by atoms with Gasteiger partial charge in [-0.1, -0.05) is 13.0 Å². The Morgan fingerprint density at radius 3 is 2.95 bits per heavy atom. The Kier molecular flexibility index (Phi) is 3.23. The molecule has 1 saturated heterocycles. The predicted molar refractivity (Wildman–Crippen MR) is 74.6 cm³/mol. The van der Waals surface area contributed by atoms with E-state index in [-0.39, 0.29) is 5.82 Å². The molecule has 100 valence electrons. The first-order valence-corrected chi connectivity index (χ1v) is 6.78. The zero-order valence-electron chi connectivity index (χ0n) is 11.1. The van der Waals surface area contributed by atoms with E-state index in [0.717, 1.165) is 36.5 Å². The fraction of sp³-hybridized carbons (Fsp3) is 0.400. The van der Waals surface area contributed by atoms with Crippen molar-refractivity contribution in [1.29, 1.82) is 0 Å². The van der Waals surface area contributed by atoms with Gasteiger partial charge in [0.05, 0.1) is 11.4 Å². The van der Waals surface area contributed by atoms with Crippen molar-refractivity contribution in [2.24, 2.45) is 5.92 Å². The standard InChI is InChI=1S/C15H18FN3/c1-11-3-2-8-19(10-11)15-5-4-12(9-13(15)16)14-6-7-17-18-14/h4-7,9,11H,2-3,8,10H2,1H3,(H,17,18)/t11-/m0/s1. The molecule has 2 aromatic rings. The molecule has 2 heterocycles. The Balaban J connectivity index is 1.87. The molecule has 3 rings (SSSR count). The number of hydrogen-bond donors (Lipinski definition) is 1. The topological polar surface area (TPSA) is 31.9 Å². The average Bonchev–Trinajstić information content (AvgIpc) is 2.92. The summed E-state index contributed by atoms with van der Waals surface area (Å²) >= 11 is 0. The summed E-state index contributed by atoms with van der Waals surface area (Å²) in [6.45, 7) is 4.12. The molecule has 1 aromatic heterocycles. The van der Waals surface area contributed by atoms with Gasteiger partial charge in [-0.3, -0.25) is 5.10 Å². The van der Waals surface area contributed by atoms with Crippen LogP contribution in [0.25, 0.3) is 11.3 Å². The Morgan fingerprint density at radius 1 is 1.37 bits per heavy atom. The van der Waals surface area contributed by atoms with Gasteiger partial charge in [-0.05, 0) is 37.0 Å². The second-order valence-corrected chi connectivity index (χ2v) is 5.33. The summed E-state index contributed by atoms with van der Waals surface area (Å²) in [4.78, 5) is 2.15. The van der Waals surface area contributed by atoms with Gasteiger partial charge in [0.1, 0.15) is 5.82 Å². The minimum atomic E-state index is -0.152. The van der Waals surface area contributed by atoms with Crippen LogP contribution in [0.4, 0.5) is 10.1 Å². The zero-order chi connectivity index (χ0) is 13.2. The molecule has 0 radical (unpaired) electrons. The fourth-order valence-corrected chi connectivity index (χ4v) is 2.76. The van der Waals surface area contributed by atoms with Crippen molar-refractivity contribution in [3.05, 3.63) is 36.3 Å². The van der Waals surface area contributed by atoms with Crippen molar-refractivity contribution in [1.82, 2.24) is 10.2 Å². The minimum absolute atomic E-state index is 0.152. The van der Waals surface area contributed by atoms with Gasteiger partial charge in [-0.15, -0.1) is 0 Å². The van der Waals surface area contributed by atoms with E-state index in [0.29, 0.717) is 5.92 Å². The van der Waals surface area contributed by atoms with Gasteiger partial charge in [0.15, 0.2) is 0 Å². The smallest absolute Gasteiger partial charge is 0.147 e. The molecule has 1 atom stereocenters. The molecule has 19 heavy (non-hydrogen) atoms. The molecular formula is C15H18FN3. The number of piperidine rings is 1. The molecule has 0 unspecified atom stereocenters. The molecule has 1 aromatic carbocycles. The summed E-state index contributed by atoms with van der Waals surface area (Å²) in [7, 11) is 0. The number of rotatable bonds is 2. The summed E-state index contributed by atoms with van der Waals surface area (Å²) in [5, 5.41) is 6.75. The van der Waals surface area contributed by atoms with Crippen molar-refractivity contribution in [2.45, 2.75) is 19.8 Å². The first kappa shape index (κ1) is 12.2. The van der Waals surface area contributed by atoms with Crippen molar-refractivity contribution < 1.29 is 4.39 Å².